The Labute approximate surface area is 112 Å². The van der Waals surface area contributed by atoms with Gasteiger partial charge in [0.1, 0.15) is 12.1 Å². The molecule has 0 spiro atoms. The van der Waals surface area contributed by atoms with Crippen LogP contribution in [0.15, 0.2) is 24.5 Å². The van der Waals surface area contributed by atoms with E-state index in [1.807, 2.05) is 18.2 Å². The standard InChI is InChI=1S/C14H18N4O/c1-9-6-18(7-10(2)19-9)14-12-5-11(15)3-4-13(12)16-8-17-14/h3-5,8-10H,6-7,15H2,1-2H3/t9-,10+. The second-order valence-electron chi connectivity index (χ2n) is 5.14. The molecule has 2 aromatic rings. The van der Waals surface area contributed by atoms with Gasteiger partial charge in [0.05, 0.1) is 17.7 Å². The van der Waals surface area contributed by atoms with Crippen molar-refractivity contribution >= 4 is 22.4 Å². The fraction of sp³-hybridized carbons (Fsp3) is 0.429. The summed E-state index contributed by atoms with van der Waals surface area (Å²) in [5.41, 5.74) is 7.53. The van der Waals surface area contributed by atoms with Crippen LogP contribution in [0.4, 0.5) is 11.5 Å². The molecule has 1 aromatic carbocycles. The Morgan fingerprint density at radius 2 is 1.95 bits per heavy atom. The zero-order valence-corrected chi connectivity index (χ0v) is 11.2. The van der Waals surface area contributed by atoms with Crippen molar-refractivity contribution in [1.82, 2.24) is 9.97 Å². The summed E-state index contributed by atoms with van der Waals surface area (Å²) in [6.07, 6.45) is 2.02. The van der Waals surface area contributed by atoms with Crippen molar-refractivity contribution in [3.63, 3.8) is 0 Å². The highest BCUT2D eigenvalue weighted by molar-refractivity contribution is 5.91. The third-order valence-corrected chi connectivity index (χ3v) is 3.36. The Balaban J connectivity index is 2.06. The Bertz CT molecular complexity index is 591. The quantitative estimate of drug-likeness (QED) is 0.790. The average molecular weight is 258 g/mol. The number of morpholine rings is 1. The number of anilines is 2. The van der Waals surface area contributed by atoms with Gasteiger partial charge in [0.15, 0.2) is 0 Å². The minimum absolute atomic E-state index is 0.204. The van der Waals surface area contributed by atoms with Crippen molar-refractivity contribution in [3.8, 4) is 0 Å². The van der Waals surface area contributed by atoms with Crippen LogP contribution in [0.3, 0.4) is 0 Å². The second kappa shape index (κ2) is 4.66. The fourth-order valence-electron chi connectivity index (χ4n) is 2.66. The van der Waals surface area contributed by atoms with Crippen LogP contribution in [0, 0.1) is 0 Å². The van der Waals surface area contributed by atoms with Gasteiger partial charge in [0.25, 0.3) is 0 Å². The van der Waals surface area contributed by atoms with E-state index in [9.17, 15) is 0 Å². The van der Waals surface area contributed by atoms with Crippen molar-refractivity contribution in [2.24, 2.45) is 0 Å². The maximum Gasteiger partial charge on any atom is 0.140 e. The molecule has 1 aromatic heterocycles. The van der Waals surface area contributed by atoms with Crippen molar-refractivity contribution in [1.29, 1.82) is 0 Å². The predicted octanol–water partition coefficient (Wildman–Crippen LogP) is 1.83. The highest BCUT2D eigenvalue weighted by Crippen LogP contribution is 2.27. The van der Waals surface area contributed by atoms with Crippen LogP contribution in [0.2, 0.25) is 0 Å². The van der Waals surface area contributed by atoms with Crippen LogP contribution >= 0.6 is 0 Å². The van der Waals surface area contributed by atoms with Gasteiger partial charge < -0.3 is 15.4 Å². The Morgan fingerprint density at radius 1 is 1.21 bits per heavy atom. The van der Waals surface area contributed by atoms with Crippen LogP contribution in [0.5, 0.6) is 0 Å². The van der Waals surface area contributed by atoms with Gasteiger partial charge in [0.2, 0.25) is 0 Å². The molecular formula is C14H18N4O. The molecule has 2 N–H and O–H groups in total. The molecule has 19 heavy (non-hydrogen) atoms. The first-order valence-corrected chi connectivity index (χ1v) is 6.54. The average Bonchev–Trinajstić information content (AvgIpc) is 2.36. The first-order chi connectivity index (χ1) is 9.13. The van der Waals surface area contributed by atoms with E-state index in [0.717, 1.165) is 35.5 Å². The maximum atomic E-state index is 5.88. The fourth-order valence-corrected chi connectivity index (χ4v) is 2.66. The molecule has 3 rings (SSSR count). The lowest BCUT2D eigenvalue weighted by Gasteiger charge is -2.36. The molecule has 0 radical (unpaired) electrons. The molecule has 0 aliphatic carbocycles. The molecule has 0 amide bonds. The van der Waals surface area contributed by atoms with E-state index >= 15 is 0 Å². The molecule has 1 aliphatic heterocycles. The topological polar surface area (TPSA) is 64.3 Å². The van der Waals surface area contributed by atoms with Gasteiger partial charge in [-0.15, -0.1) is 0 Å². The van der Waals surface area contributed by atoms with Gasteiger partial charge in [-0.3, -0.25) is 0 Å². The zero-order valence-electron chi connectivity index (χ0n) is 11.2. The minimum atomic E-state index is 0.204. The van der Waals surface area contributed by atoms with Crippen LogP contribution in [-0.2, 0) is 4.74 Å². The number of nitrogens with zero attached hydrogens (tertiary/aromatic N) is 3. The van der Waals surface area contributed by atoms with Crippen LogP contribution in [0.25, 0.3) is 10.9 Å². The van der Waals surface area contributed by atoms with Gasteiger partial charge in [-0.1, -0.05) is 0 Å². The number of rotatable bonds is 1. The van der Waals surface area contributed by atoms with Crippen molar-refractivity contribution in [2.45, 2.75) is 26.1 Å². The van der Waals surface area contributed by atoms with Gasteiger partial charge in [-0.2, -0.15) is 0 Å². The summed E-state index contributed by atoms with van der Waals surface area (Å²) in [6.45, 7) is 5.84. The number of hydrogen-bond acceptors (Lipinski definition) is 5. The van der Waals surface area contributed by atoms with E-state index in [1.54, 1.807) is 6.33 Å². The maximum absolute atomic E-state index is 5.88. The van der Waals surface area contributed by atoms with Crippen LogP contribution in [-0.4, -0.2) is 35.3 Å². The zero-order chi connectivity index (χ0) is 13.4. The smallest absolute Gasteiger partial charge is 0.140 e. The Hall–Kier alpha value is -1.88. The van der Waals surface area contributed by atoms with Gasteiger partial charge in [-0.05, 0) is 32.0 Å². The van der Waals surface area contributed by atoms with Crippen LogP contribution in [0.1, 0.15) is 13.8 Å². The molecule has 100 valence electrons. The van der Waals surface area contributed by atoms with Crippen LogP contribution < -0.4 is 10.6 Å². The summed E-state index contributed by atoms with van der Waals surface area (Å²) in [7, 11) is 0. The summed E-state index contributed by atoms with van der Waals surface area (Å²) in [5, 5.41) is 1.00. The van der Waals surface area contributed by atoms with E-state index < -0.39 is 0 Å². The molecule has 1 saturated heterocycles. The summed E-state index contributed by atoms with van der Waals surface area (Å²) in [5.74, 6) is 0.944. The van der Waals surface area contributed by atoms with Crippen molar-refractivity contribution in [3.05, 3.63) is 24.5 Å². The molecule has 2 heterocycles. The normalized spacial score (nSPS) is 23.8. The summed E-state index contributed by atoms with van der Waals surface area (Å²) >= 11 is 0. The van der Waals surface area contributed by atoms with Gasteiger partial charge in [0, 0.05) is 24.2 Å². The summed E-state index contributed by atoms with van der Waals surface area (Å²) in [4.78, 5) is 11.0. The van der Waals surface area contributed by atoms with Gasteiger partial charge in [-0.25, -0.2) is 9.97 Å². The number of benzene rings is 1. The van der Waals surface area contributed by atoms with Crippen molar-refractivity contribution < 1.29 is 4.74 Å². The van der Waals surface area contributed by atoms with E-state index in [0.29, 0.717) is 0 Å². The summed E-state index contributed by atoms with van der Waals surface area (Å²) in [6, 6.07) is 5.74. The molecule has 1 aliphatic rings. The third kappa shape index (κ3) is 2.33. The van der Waals surface area contributed by atoms with E-state index in [1.165, 1.54) is 0 Å². The largest absolute Gasteiger partial charge is 0.399 e. The number of hydrogen-bond donors (Lipinski definition) is 1. The van der Waals surface area contributed by atoms with E-state index in [-0.39, 0.29) is 12.2 Å². The number of nitrogen functional groups attached to an aromatic ring is 1. The van der Waals surface area contributed by atoms with Crippen molar-refractivity contribution in [2.75, 3.05) is 23.7 Å². The SMILES string of the molecule is C[C@@H]1CN(c2ncnc3ccc(N)cc23)C[C@H](C)O1. The molecule has 0 saturated carbocycles. The minimum Gasteiger partial charge on any atom is -0.399 e. The third-order valence-electron chi connectivity index (χ3n) is 3.36. The highest BCUT2D eigenvalue weighted by Gasteiger charge is 2.24. The predicted molar refractivity (Wildman–Crippen MR) is 76.2 cm³/mol. The first-order valence-electron chi connectivity index (χ1n) is 6.54. The second-order valence-corrected chi connectivity index (χ2v) is 5.14. The lowest BCUT2D eigenvalue weighted by atomic mass is 10.1. The monoisotopic (exact) mass is 258 g/mol. The molecule has 0 unspecified atom stereocenters. The highest BCUT2D eigenvalue weighted by atomic mass is 16.5. The molecule has 0 bridgehead atoms. The first kappa shape index (κ1) is 12.2. The molecule has 5 nitrogen and oxygen atoms in total. The number of fused-ring (bicyclic) bond motifs is 1. The Morgan fingerprint density at radius 3 is 2.68 bits per heavy atom. The molecular weight excluding hydrogens is 240 g/mol. The van der Waals surface area contributed by atoms with Gasteiger partial charge >= 0.3 is 0 Å². The number of ether oxygens (including phenoxy) is 1. The lowest BCUT2D eigenvalue weighted by molar-refractivity contribution is -0.00537. The van der Waals surface area contributed by atoms with E-state index in [4.69, 9.17) is 10.5 Å². The number of nitrogens with two attached hydrogens (primary N) is 1. The molecule has 5 heteroatoms. The molecule has 1 fully saturated rings. The molecule has 2 atom stereocenters. The summed E-state index contributed by atoms with van der Waals surface area (Å²) < 4.78 is 5.76. The lowest BCUT2D eigenvalue weighted by Crippen LogP contribution is -2.45. The number of aromatic nitrogens is 2. The van der Waals surface area contributed by atoms with E-state index in [2.05, 4.69) is 28.7 Å². The Kier molecular flexibility index (Phi) is 2.98.